The number of carbonyl (C=O) groups is 1. The van der Waals surface area contributed by atoms with Gasteiger partial charge in [0.1, 0.15) is 0 Å². The fraction of sp³-hybridized carbons (Fsp3) is 0.562. The first-order valence-electron chi connectivity index (χ1n) is 7.52. The number of hydrogen-bond acceptors (Lipinski definition) is 2. The number of nitrogens with one attached hydrogen (secondary N) is 1. The van der Waals surface area contributed by atoms with Gasteiger partial charge < -0.3 is 15.3 Å². The van der Waals surface area contributed by atoms with Gasteiger partial charge in [-0.1, -0.05) is 29.8 Å². The van der Waals surface area contributed by atoms with E-state index in [1.165, 1.54) is 0 Å². The molecule has 0 bridgehead atoms. The summed E-state index contributed by atoms with van der Waals surface area (Å²) in [4.78, 5) is 13.9. The molecule has 0 spiro atoms. The predicted octanol–water partition coefficient (Wildman–Crippen LogP) is 2.68. The lowest BCUT2D eigenvalue weighted by atomic mass is 9.94. The van der Waals surface area contributed by atoms with Crippen molar-refractivity contribution < 1.29 is 9.90 Å². The van der Waals surface area contributed by atoms with E-state index in [-0.39, 0.29) is 18.1 Å². The quantitative estimate of drug-likeness (QED) is 0.898. The molecule has 2 amide bonds. The fourth-order valence-electron chi connectivity index (χ4n) is 2.71. The molecule has 116 valence electrons. The van der Waals surface area contributed by atoms with Gasteiger partial charge in [-0.3, -0.25) is 0 Å². The van der Waals surface area contributed by atoms with E-state index < -0.39 is 0 Å². The van der Waals surface area contributed by atoms with Gasteiger partial charge in [-0.25, -0.2) is 4.79 Å². The van der Waals surface area contributed by atoms with Crippen molar-refractivity contribution in [3.63, 3.8) is 0 Å². The third-order valence-corrected chi connectivity index (χ3v) is 4.42. The van der Waals surface area contributed by atoms with E-state index in [0.717, 1.165) is 36.4 Å². The SMILES string of the molecule is CC(O)C1CCCN(C(=O)NCCc2ccccc2Cl)C1. The Morgan fingerprint density at radius 3 is 3.00 bits per heavy atom. The number of rotatable bonds is 4. The molecule has 4 nitrogen and oxygen atoms in total. The molecule has 0 radical (unpaired) electrons. The van der Waals surface area contributed by atoms with Crippen LogP contribution in [-0.2, 0) is 6.42 Å². The maximum Gasteiger partial charge on any atom is 0.317 e. The van der Waals surface area contributed by atoms with Crippen LogP contribution in [0.5, 0.6) is 0 Å². The molecule has 2 rings (SSSR count). The second-order valence-electron chi connectivity index (χ2n) is 5.66. The Labute approximate surface area is 131 Å². The molecule has 1 saturated heterocycles. The summed E-state index contributed by atoms with van der Waals surface area (Å²) in [6.45, 7) is 3.76. The van der Waals surface area contributed by atoms with Crippen molar-refractivity contribution >= 4 is 17.6 Å². The first-order chi connectivity index (χ1) is 10.1. The molecular formula is C16H23ClN2O2. The van der Waals surface area contributed by atoms with Crippen LogP contribution in [-0.4, -0.2) is 41.8 Å². The summed E-state index contributed by atoms with van der Waals surface area (Å²) in [5.41, 5.74) is 1.04. The van der Waals surface area contributed by atoms with Gasteiger partial charge in [0.05, 0.1) is 6.10 Å². The molecular weight excluding hydrogens is 288 g/mol. The van der Waals surface area contributed by atoms with Gasteiger partial charge in [-0.05, 0) is 37.8 Å². The average molecular weight is 311 g/mol. The van der Waals surface area contributed by atoms with Crippen LogP contribution in [0.3, 0.4) is 0 Å². The van der Waals surface area contributed by atoms with Gasteiger partial charge in [-0.2, -0.15) is 0 Å². The van der Waals surface area contributed by atoms with Gasteiger partial charge in [-0.15, -0.1) is 0 Å². The van der Waals surface area contributed by atoms with E-state index in [1.807, 2.05) is 24.3 Å². The Kier molecular flexibility index (Phi) is 5.88. The number of amides is 2. The number of halogens is 1. The first kappa shape index (κ1) is 16.1. The maximum atomic E-state index is 12.1. The van der Waals surface area contributed by atoms with Crippen molar-refractivity contribution in [3.05, 3.63) is 34.9 Å². The molecule has 0 saturated carbocycles. The zero-order chi connectivity index (χ0) is 15.2. The van der Waals surface area contributed by atoms with Gasteiger partial charge in [0.25, 0.3) is 0 Å². The smallest absolute Gasteiger partial charge is 0.317 e. The van der Waals surface area contributed by atoms with Gasteiger partial charge in [0, 0.05) is 30.6 Å². The van der Waals surface area contributed by atoms with Crippen LogP contribution < -0.4 is 5.32 Å². The molecule has 1 aromatic rings. The summed E-state index contributed by atoms with van der Waals surface area (Å²) in [5, 5.41) is 13.3. The summed E-state index contributed by atoms with van der Waals surface area (Å²) < 4.78 is 0. The molecule has 2 unspecified atom stereocenters. The molecule has 21 heavy (non-hydrogen) atoms. The number of urea groups is 1. The third kappa shape index (κ3) is 4.61. The Morgan fingerprint density at radius 1 is 1.52 bits per heavy atom. The van der Waals surface area contributed by atoms with Crippen molar-refractivity contribution in [1.29, 1.82) is 0 Å². The zero-order valence-corrected chi connectivity index (χ0v) is 13.1. The third-order valence-electron chi connectivity index (χ3n) is 4.06. The number of benzene rings is 1. The van der Waals surface area contributed by atoms with Crippen LogP contribution in [0.4, 0.5) is 4.79 Å². The fourth-order valence-corrected chi connectivity index (χ4v) is 2.94. The molecule has 2 N–H and O–H groups in total. The normalized spacial score (nSPS) is 20.1. The summed E-state index contributed by atoms with van der Waals surface area (Å²) in [6.07, 6.45) is 2.30. The largest absolute Gasteiger partial charge is 0.393 e. The second kappa shape index (κ2) is 7.66. The summed E-state index contributed by atoms with van der Waals surface area (Å²) in [6, 6.07) is 7.62. The molecule has 1 heterocycles. The lowest BCUT2D eigenvalue weighted by Crippen LogP contribution is -2.47. The highest BCUT2D eigenvalue weighted by Crippen LogP contribution is 2.19. The molecule has 0 aromatic heterocycles. The van der Waals surface area contributed by atoms with Crippen molar-refractivity contribution in [2.45, 2.75) is 32.3 Å². The van der Waals surface area contributed by atoms with Crippen molar-refractivity contribution in [1.82, 2.24) is 10.2 Å². The molecule has 1 aromatic carbocycles. The van der Waals surface area contributed by atoms with Gasteiger partial charge >= 0.3 is 6.03 Å². The van der Waals surface area contributed by atoms with Gasteiger partial charge in [0.2, 0.25) is 0 Å². The highest BCUT2D eigenvalue weighted by molar-refractivity contribution is 6.31. The number of piperidine rings is 1. The van der Waals surface area contributed by atoms with Crippen molar-refractivity contribution in [2.75, 3.05) is 19.6 Å². The van der Waals surface area contributed by atoms with Crippen LogP contribution in [0.2, 0.25) is 5.02 Å². The number of likely N-dealkylation sites (tertiary alicyclic amines) is 1. The summed E-state index contributed by atoms with van der Waals surface area (Å²) in [7, 11) is 0. The molecule has 0 aliphatic carbocycles. The Balaban J connectivity index is 1.78. The number of aliphatic hydroxyl groups excluding tert-OH is 1. The van der Waals surface area contributed by atoms with E-state index >= 15 is 0 Å². The van der Waals surface area contributed by atoms with Gasteiger partial charge in [0.15, 0.2) is 0 Å². The summed E-state index contributed by atoms with van der Waals surface area (Å²) in [5.74, 6) is 0.188. The summed E-state index contributed by atoms with van der Waals surface area (Å²) >= 11 is 6.09. The van der Waals surface area contributed by atoms with Crippen LogP contribution in [0.25, 0.3) is 0 Å². The monoisotopic (exact) mass is 310 g/mol. The highest BCUT2D eigenvalue weighted by Gasteiger charge is 2.26. The van der Waals surface area contributed by atoms with E-state index in [4.69, 9.17) is 11.6 Å². The van der Waals surface area contributed by atoms with E-state index in [9.17, 15) is 9.90 Å². The molecule has 5 heteroatoms. The van der Waals surface area contributed by atoms with Crippen LogP contribution in [0.1, 0.15) is 25.3 Å². The minimum absolute atomic E-state index is 0.0487. The standard InChI is InChI=1S/C16H23ClN2O2/c1-12(20)14-6-4-10-19(11-14)16(21)18-9-8-13-5-2-3-7-15(13)17/h2-3,5,7,12,14,20H,4,6,8-11H2,1H3,(H,18,21). The van der Waals surface area contributed by atoms with Crippen molar-refractivity contribution in [2.24, 2.45) is 5.92 Å². The van der Waals surface area contributed by atoms with Crippen molar-refractivity contribution in [3.8, 4) is 0 Å². The second-order valence-corrected chi connectivity index (χ2v) is 6.07. The molecule has 1 fully saturated rings. The zero-order valence-electron chi connectivity index (χ0n) is 12.4. The number of nitrogens with zero attached hydrogens (tertiary/aromatic N) is 1. The molecule has 2 atom stereocenters. The Morgan fingerprint density at radius 2 is 2.29 bits per heavy atom. The lowest BCUT2D eigenvalue weighted by molar-refractivity contribution is 0.0740. The van der Waals surface area contributed by atoms with E-state index in [1.54, 1.807) is 11.8 Å². The molecule has 1 aliphatic heterocycles. The minimum atomic E-state index is -0.358. The number of carbonyl (C=O) groups excluding carboxylic acids is 1. The highest BCUT2D eigenvalue weighted by atomic mass is 35.5. The average Bonchev–Trinajstić information content (AvgIpc) is 2.49. The van der Waals surface area contributed by atoms with Crippen LogP contribution in [0, 0.1) is 5.92 Å². The predicted molar refractivity (Wildman–Crippen MR) is 84.5 cm³/mol. The maximum absolute atomic E-state index is 12.1. The van der Waals surface area contributed by atoms with E-state index in [0.29, 0.717) is 13.1 Å². The van der Waals surface area contributed by atoms with Crippen LogP contribution in [0.15, 0.2) is 24.3 Å². The first-order valence-corrected chi connectivity index (χ1v) is 7.90. The molecule has 1 aliphatic rings. The van der Waals surface area contributed by atoms with Crippen LogP contribution >= 0.6 is 11.6 Å². The Hall–Kier alpha value is -1.26. The van der Waals surface area contributed by atoms with E-state index in [2.05, 4.69) is 5.32 Å². The topological polar surface area (TPSA) is 52.6 Å². The lowest BCUT2D eigenvalue weighted by Gasteiger charge is -2.34. The number of hydrogen-bond donors (Lipinski definition) is 2. The number of aliphatic hydroxyl groups is 1. The Bertz CT molecular complexity index is 479. The minimum Gasteiger partial charge on any atom is -0.393 e.